The summed E-state index contributed by atoms with van der Waals surface area (Å²) in [5.41, 5.74) is 2.29. The molecular weight excluding hydrogens is 267 g/mol. The number of carbonyl (C=O) groups excluding carboxylic acids is 1. The Hall–Kier alpha value is -2.67. The van der Waals surface area contributed by atoms with Crippen LogP contribution in [-0.4, -0.2) is 5.91 Å². The number of hydrogen-bond donors (Lipinski definition) is 0. The van der Waals surface area contributed by atoms with Gasteiger partial charge in [0.15, 0.2) is 0 Å². The largest absolute Gasteiger partial charge is 0.308 e. The Kier molecular flexibility index (Phi) is 3.41. The van der Waals surface area contributed by atoms with Crippen molar-refractivity contribution in [3.63, 3.8) is 0 Å². The van der Waals surface area contributed by atoms with Crippen molar-refractivity contribution in [1.29, 1.82) is 5.26 Å². The Morgan fingerprint density at radius 2 is 1.95 bits per heavy atom. The van der Waals surface area contributed by atoms with Gasteiger partial charge in [0.25, 0.3) is 0 Å². The number of para-hydroxylation sites is 1. The summed E-state index contributed by atoms with van der Waals surface area (Å²) >= 11 is 0. The Labute approximate surface area is 122 Å². The highest BCUT2D eigenvalue weighted by molar-refractivity contribution is 5.96. The average molecular weight is 280 g/mol. The van der Waals surface area contributed by atoms with Crippen LogP contribution >= 0.6 is 0 Å². The first-order valence-corrected chi connectivity index (χ1v) is 6.76. The maximum atomic E-state index is 14.2. The summed E-state index contributed by atoms with van der Waals surface area (Å²) < 4.78 is 14.2. The van der Waals surface area contributed by atoms with Crippen molar-refractivity contribution in [2.24, 2.45) is 0 Å². The zero-order valence-corrected chi connectivity index (χ0v) is 11.3. The molecule has 3 rings (SSSR count). The van der Waals surface area contributed by atoms with Crippen LogP contribution in [0.15, 0.2) is 42.5 Å². The van der Waals surface area contributed by atoms with E-state index in [1.165, 1.54) is 6.07 Å². The van der Waals surface area contributed by atoms with Gasteiger partial charge in [0.2, 0.25) is 5.91 Å². The molecule has 1 amide bonds. The number of benzene rings is 2. The topological polar surface area (TPSA) is 44.1 Å². The van der Waals surface area contributed by atoms with Crippen LogP contribution in [-0.2, 0) is 17.8 Å². The van der Waals surface area contributed by atoms with E-state index in [2.05, 4.69) is 0 Å². The van der Waals surface area contributed by atoms with E-state index in [9.17, 15) is 9.18 Å². The first-order valence-electron chi connectivity index (χ1n) is 6.76. The molecule has 2 aromatic rings. The van der Waals surface area contributed by atoms with E-state index in [4.69, 9.17) is 5.26 Å². The molecule has 1 aliphatic rings. The van der Waals surface area contributed by atoms with Gasteiger partial charge in [-0.3, -0.25) is 4.79 Å². The molecule has 1 aliphatic heterocycles. The number of nitriles is 1. The number of aryl methyl sites for hydroxylation is 1. The summed E-state index contributed by atoms with van der Waals surface area (Å²) in [6.07, 6.45) is 1.14. The van der Waals surface area contributed by atoms with Crippen molar-refractivity contribution in [2.45, 2.75) is 19.4 Å². The lowest BCUT2D eigenvalue weighted by Gasteiger charge is -2.29. The monoisotopic (exact) mass is 280 g/mol. The van der Waals surface area contributed by atoms with Gasteiger partial charge in [-0.1, -0.05) is 30.3 Å². The minimum Gasteiger partial charge on any atom is -0.308 e. The van der Waals surface area contributed by atoms with Gasteiger partial charge >= 0.3 is 0 Å². The van der Waals surface area contributed by atoms with Gasteiger partial charge in [-0.05, 0) is 24.1 Å². The first-order chi connectivity index (χ1) is 10.2. The summed E-state index contributed by atoms with van der Waals surface area (Å²) in [6.45, 7) is 0.150. The molecule has 0 fully saturated rings. The van der Waals surface area contributed by atoms with Crippen LogP contribution in [0.4, 0.5) is 10.1 Å². The molecule has 4 heteroatoms. The standard InChI is InChI=1S/C17H13FN2O/c18-17-13(10-19)5-3-6-14(17)11-20-15-7-2-1-4-12(15)8-9-16(20)21/h1-7H,8-9,11H2. The lowest BCUT2D eigenvalue weighted by atomic mass is 10.00. The van der Waals surface area contributed by atoms with Crippen LogP contribution in [0.1, 0.15) is 23.1 Å². The Morgan fingerprint density at radius 1 is 1.14 bits per heavy atom. The van der Waals surface area contributed by atoms with Crippen molar-refractivity contribution < 1.29 is 9.18 Å². The fraction of sp³-hybridized carbons (Fsp3) is 0.176. The SMILES string of the molecule is N#Cc1cccc(CN2C(=O)CCc3ccccc32)c1F. The zero-order chi connectivity index (χ0) is 14.8. The van der Waals surface area contributed by atoms with Crippen LogP contribution in [0, 0.1) is 17.1 Å². The number of amides is 1. The Morgan fingerprint density at radius 3 is 2.76 bits per heavy atom. The maximum absolute atomic E-state index is 14.2. The van der Waals surface area contributed by atoms with Gasteiger partial charge in [0.05, 0.1) is 12.1 Å². The highest BCUT2D eigenvalue weighted by Gasteiger charge is 2.24. The van der Waals surface area contributed by atoms with E-state index in [0.29, 0.717) is 18.4 Å². The van der Waals surface area contributed by atoms with E-state index in [1.807, 2.05) is 30.3 Å². The minimum absolute atomic E-state index is 0.00486. The maximum Gasteiger partial charge on any atom is 0.227 e. The zero-order valence-electron chi connectivity index (χ0n) is 11.3. The molecular formula is C17H13FN2O. The molecule has 0 aliphatic carbocycles. The van der Waals surface area contributed by atoms with Crippen LogP contribution < -0.4 is 4.90 Å². The summed E-state index contributed by atoms with van der Waals surface area (Å²) in [6, 6.07) is 14.2. The summed E-state index contributed by atoms with van der Waals surface area (Å²) in [4.78, 5) is 13.8. The van der Waals surface area contributed by atoms with E-state index in [-0.39, 0.29) is 18.0 Å². The molecule has 0 saturated heterocycles. The lowest BCUT2D eigenvalue weighted by molar-refractivity contribution is -0.119. The van der Waals surface area contributed by atoms with Gasteiger partial charge in [-0.25, -0.2) is 4.39 Å². The number of rotatable bonds is 2. The lowest BCUT2D eigenvalue weighted by Crippen LogP contribution is -2.34. The third-order valence-corrected chi connectivity index (χ3v) is 3.72. The van der Waals surface area contributed by atoms with Gasteiger partial charge < -0.3 is 4.90 Å². The normalized spacial score (nSPS) is 13.7. The molecule has 0 aromatic heterocycles. The predicted octanol–water partition coefficient (Wildman–Crippen LogP) is 3.18. The smallest absolute Gasteiger partial charge is 0.227 e. The van der Waals surface area contributed by atoms with Crippen molar-refractivity contribution in [2.75, 3.05) is 4.90 Å². The number of halogens is 1. The molecule has 104 valence electrons. The summed E-state index contributed by atoms with van der Waals surface area (Å²) in [5, 5.41) is 8.89. The third kappa shape index (κ3) is 2.38. The molecule has 0 unspecified atom stereocenters. The van der Waals surface area contributed by atoms with Crippen molar-refractivity contribution in [3.05, 3.63) is 65.0 Å². The first kappa shape index (κ1) is 13.3. The quantitative estimate of drug-likeness (QED) is 0.848. The van der Waals surface area contributed by atoms with Crippen LogP contribution in [0.2, 0.25) is 0 Å². The number of carbonyl (C=O) groups is 1. The number of hydrogen-bond acceptors (Lipinski definition) is 2. The highest BCUT2D eigenvalue weighted by Crippen LogP contribution is 2.29. The van der Waals surface area contributed by atoms with Gasteiger partial charge in [0.1, 0.15) is 11.9 Å². The number of anilines is 1. The van der Waals surface area contributed by atoms with E-state index < -0.39 is 5.82 Å². The van der Waals surface area contributed by atoms with Crippen molar-refractivity contribution in [1.82, 2.24) is 0 Å². The average Bonchev–Trinajstić information content (AvgIpc) is 2.52. The van der Waals surface area contributed by atoms with Crippen LogP contribution in [0.5, 0.6) is 0 Å². The highest BCUT2D eigenvalue weighted by atomic mass is 19.1. The van der Waals surface area contributed by atoms with Gasteiger partial charge in [0, 0.05) is 17.7 Å². The second-order valence-electron chi connectivity index (χ2n) is 5.00. The summed E-state index contributed by atoms with van der Waals surface area (Å²) in [5.74, 6) is -0.564. The van der Waals surface area contributed by atoms with E-state index in [0.717, 1.165) is 11.3 Å². The van der Waals surface area contributed by atoms with E-state index >= 15 is 0 Å². The molecule has 0 spiro atoms. The van der Waals surface area contributed by atoms with E-state index in [1.54, 1.807) is 17.0 Å². The fourth-order valence-electron chi connectivity index (χ4n) is 2.63. The molecule has 21 heavy (non-hydrogen) atoms. The fourth-order valence-corrected chi connectivity index (χ4v) is 2.63. The molecule has 0 N–H and O–H groups in total. The van der Waals surface area contributed by atoms with Crippen LogP contribution in [0.25, 0.3) is 0 Å². The third-order valence-electron chi connectivity index (χ3n) is 3.72. The number of fused-ring (bicyclic) bond motifs is 1. The molecule has 1 heterocycles. The van der Waals surface area contributed by atoms with Crippen molar-refractivity contribution >= 4 is 11.6 Å². The number of nitrogens with zero attached hydrogens (tertiary/aromatic N) is 2. The van der Waals surface area contributed by atoms with Crippen molar-refractivity contribution in [3.8, 4) is 6.07 Å². The summed E-state index contributed by atoms with van der Waals surface area (Å²) in [7, 11) is 0. The minimum atomic E-state index is -0.546. The van der Waals surface area contributed by atoms with Gasteiger partial charge in [-0.2, -0.15) is 5.26 Å². The molecule has 0 bridgehead atoms. The Bertz CT molecular complexity index is 749. The molecule has 0 saturated carbocycles. The second-order valence-corrected chi connectivity index (χ2v) is 5.00. The molecule has 0 atom stereocenters. The van der Waals surface area contributed by atoms with Crippen LogP contribution in [0.3, 0.4) is 0 Å². The molecule has 0 radical (unpaired) electrons. The Balaban J connectivity index is 1.99. The molecule has 3 nitrogen and oxygen atoms in total. The molecule has 2 aromatic carbocycles. The predicted molar refractivity (Wildman–Crippen MR) is 77.1 cm³/mol. The van der Waals surface area contributed by atoms with Gasteiger partial charge in [-0.15, -0.1) is 0 Å². The second kappa shape index (κ2) is 5.37.